The molecule has 2 saturated heterocycles. The van der Waals surface area contributed by atoms with Gasteiger partial charge in [-0.25, -0.2) is 0 Å². The molecule has 3 rings (SSSR count). The molecule has 1 aromatic rings. The molecule has 110 valence electrons. The Hall–Kier alpha value is -0.330. The first-order valence-corrected chi connectivity index (χ1v) is 8.02. The van der Waals surface area contributed by atoms with Crippen LogP contribution in [0.4, 0.5) is 0 Å². The van der Waals surface area contributed by atoms with E-state index in [1.807, 2.05) is 29.2 Å². The van der Waals surface area contributed by atoms with Crippen molar-refractivity contribution in [3.05, 3.63) is 33.4 Å². The van der Waals surface area contributed by atoms with E-state index < -0.39 is 0 Å². The van der Waals surface area contributed by atoms with Gasteiger partial charge in [0.05, 0.1) is 0 Å². The van der Waals surface area contributed by atoms with E-state index in [-0.39, 0.29) is 18.3 Å². The molecule has 3 nitrogen and oxygen atoms in total. The van der Waals surface area contributed by atoms with Crippen molar-refractivity contribution >= 4 is 40.9 Å². The van der Waals surface area contributed by atoms with Crippen LogP contribution in [0.2, 0.25) is 0 Å². The van der Waals surface area contributed by atoms with Crippen LogP contribution in [0.5, 0.6) is 0 Å². The number of nitrogens with zero attached hydrogens (tertiary/aromatic N) is 1. The molecule has 0 atom stereocenters. The molecule has 2 aliphatic heterocycles. The molecular formula is C15H20ClIN2O. The van der Waals surface area contributed by atoms with Crippen molar-refractivity contribution in [2.45, 2.75) is 19.3 Å². The van der Waals surface area contributed by atoms with Gasteiger partial charge in [-0.1, -0.05) is 0 Å². The molecule has 2 fully saturated rings. The zero-order valence-electron chi connectivity index (χ0n) is 11.4. The lowest BCUT2D eigenvalue weighted by Gasteiger charge is -2.33. The predicted molar refractivity (Wildman–Crippen MR) is 91.5 cm³/mol. The number of nitrogens with one attached hydrogen (secondary N) is 1. The summed E-state index contributed by atoms with van der Waals surface area (Å²) in [5.74, 6) is 0.201. The first kappa shape index (κ1) is 16.0. The van der Waals surface area contributed by atoms with E-state index in [4.69, 9.17) is 0 Å². The normalized spacial score (nSPS) is 20.8. The van der Waals surface area contributed by atoms with E-state index in [1.165, 1.54) is 22.8 Å². The monoisotopic (exact) mass is 406 g/mol. The van der Waals surface area contributed by atoms with E-state index in [0.29, 0.717) is 5.41 Å². The van der Waals surface area contributed by atoms with Crippen molar-refractivity contribution in [2.75, 3.05) is 26.2 Å². The second-order valence-corrected chi connectivity index (χ2v) is 6.98. The van der Waals surface area contributed by atoms with Crippen LogP contribution in [0.25, 0.3) is 0 Å². The van der Waals surface area contributed by atoms with E-state index in [1.54, 1.807) is 0 Å². The lowest BCUT2D eigenvalue weighted by atomic mass is 9.78. The van der Waals surface area contributed by atoms with Gasteiger partial charge in [-0.2, -0.15) is 0 Å². The Kier molecular flexibility index (Phi) is 5.31. The second-order valence-electron chi connectivity index (χ2n) is 5.73. The summed E-state index contributed by atoms with van der Waals surface area (Å²) < 4.78 is 1.17. The average molecular weight is 407 g/mol. The van der Waals surface area contributed by atoms with Crippen LogP contribution < -0.4 is 5.32 Å². The Bertz CT molecular complexity index is 471. The number of carbonyl (C=O) groups excluding carboxylic acids is 1. The number of amides is 1. The van der Waals surface area contributed by atoms with Gasteiger partial charge in [0.15, 0.2) is 0 Å². The minimum absolute atomic E-state index is 0. The highest BCUT2D eigenvalue weighted by Gasteiger charge is 2.40. The van der Waals surface area contributed by atoms with Gasteiger partial charge in [-0.15, -0.1) is 12.4 Å². The average Bonchev–Trinajstić information content (AvgIpc) is 2.83. The molecule has 0 bridgehead atoms. The number of hydrogen-bond acceptors (Lipinski definition) is 2. The van der Waals surface area contributed by atoms with Gasteiger partial charge < -0.3 is 10.2 Å². The Morgan fingerprint density at radius 3 is 2.45 bits per heavy atom. The lowest BCUT2D eigenvalue weighted by Crippen LogP contribution is -2.39. The molecule has 5 heteroatoms. The molecule has 2 aliphatic rings. The molecule has 1 N–H and O–H groups in total. The SMILES string of the molecule is Cl.O=C(c1ccc(I)cc1)N1CCC2(CCNCC2)C1. The van der Waals surface area contributed by atoms with Gasteiger partial charge in [0.2, 0.25) is 0 Å². The fourth-order valence-electron chi connectivity index (χ4n) is 3.25. The molecular weight excluding hydrogens is 387 g/mol. The maximum absolute atomic E-state index is 12.5. The fourth-order valence-corrected chi connectivity index (χ4v) is 3.61. The second kappa shape index (κ2) is 6.62. The Balaban J connectivity index is 0.00000147. The van der Waals surface area contributed by atoms with E-state index in [9.17, 15) is 4.79 Å². The third-order valence-corrected chi connectivity index (χ3v) is 5.20. The number of piperidine rings is 1. The van der Waals surface area contributed by atoms with E-state index >= 15 is 0 Å². The van der Waals surface area contributed by atoms with Crippen molar-refractivity contribution < 1.29 is 4.79 Å². The quantitative estimate of drug-likeness (QED) is 0.727. The van der Waals surface area contributed by atoms with Crippen LogP contribution in [0, 0.1) is 8.99 Å². The van der Waals surface area contributed by atoms with Gasteiger partial charge in [0, 0.05) is 22.2 Å². The zero-order valence-corrected chi connectivity index (χ0v) is 14.4. The van der Waals surface area contributed by atoms with E-state index in [2.05, 4.69) is 27.9 Å². The Morgan fingerprint density at radius 1 is 1.15 bits per heavy atom. The minimum atomic E-state index is 0. The van der Waals surface area contributed by atoms with Crippen LogP contribution in [0.15, 0.2) is 24.3 Å². The first-order chi connectivity index (χ1) is 9.19. The lowest BCUT2D eigenvalue weighted by molar-refractivity contribution is 0.0762. The number of carbonyl (C=O) groups is 1. The van der Waals surface area contributed by atoms with Crippen molar-refractivity contribution in [3.8, 4) is 0 Å². The van der Waals surface area contributed by atoms with Crippen LogP contribution in [0.1, 0.15) is 29.6 Å². The molecule has 0 aromatic heterocycles. The van der Waals surface area contributed by atoms with Crippen LogP contribution in [0.3, 0.4) is 0 Å². The summed E-state index contributed by atoms with van der Waals surface area (Å²) in [5, 5.41) is 3.41. The summed E-state index contributed by atoms with van der Waals surface area (Å²) >= 11 is 2.27. The van der Waals surface area contributed by atoms with Crippen molar-refractivity contribution in [2.24, 2.45) is 5.41 Å². The zero-order chi connectivity index (χ0) is 13.3. The maximum atomic E-state index is 12.5. The summed E-state index contributed by atoms with van der Waals surface area (Å²) in [7, 11) is 0. The highest BCUT2D eigenvalue weighted by Crippen LogP contribution is 2.38. The first-order valence-electron chi connectivity index (χ1n) is 6.94. The van der Waals surface area contributed by atoms with Gasteiger partial charge in [-0.3, -0.25) is 4.79 Å². The smallest absolute Gasteiger partial charge is 0.253 e. The molecule has 20 heavy (non-hydrogen) atoms. The number of benzene rings is 1. The largest absolute Gasteiger partial charge is 0.338 e. The third-order valence-electron chi connectivity index (χ3n) is 4.48. The van der Waals surface area contributed by atoms with Crippen LogP contribution in [-0.4, -0.2) is 37.0 Å². The van der Waals surface area contributed by atoms with Crippen molar-refractivity contribution in [3.63, 3.8) is 0 Å². The number of halogens is 2. The number of rotatable bonds is 1. The number of likely N-dealkylation sites (tertiary alicyclic amines) is 1. The standard InChI is InChI=1S/C15H19IN2O.ClH/c16-13-3-1-12(2-4-13)14(19)18-10-7-15(11-18)5-8-17-9-6-15;/h1-4,17H,5-11H2;1H. The summed E-state index contributed by atoms with van der Waals surface area (Å²) in [5.41, 5.74) is 1.22. The van der Waals surface area contributed by atoms with E-state index in [0.717, 1.165) is 31.7 Å². The summed E-state index contributed by atoms with van der Waals surface area (Å²) in [4.78, 5) is 14.5. The minimum Gasteiger partial charge on any atom is -0.338 e. The topological polar surface area (TPSA) is 32.3 Å². The highest BCUT2D eigenvalue weighted by molar-refractivity contribution is 14.1. The van der Waals surface area contributed by atoms with Crippen molar-refractivity contribution in [1.29, 1.82) is 0 Å². The summed E-state index contributed by atoms with van der Waals surface area (Å²) in [6.07, 6.45) is 3.59. The summed E-state index contributed by atoms with van der Waals surface area (Å²) in [6, 6.07) is 7.89. The highest BCUT2D eigenvalue weighted by atomic mass is 127. The van der Waals surface area contributed by atoms with Crippen molar-refractivity contribution in [1.82, 2.24) is 10.2 Å². The Morgan fingerprint density at radius 2 is 1.80 bits per heavy atom. The van der Waals surface area contributed by atoms with Gasteiger partial charge in [0.1, 0.15) is 0 Å². The van der Waals surface area contributed by atoms with Gasteiger partial charge in [0.25, 0.3) is 5.91 Å². The molecule has 1 spiro atoms. The fraction of sp³-hybridized carbons (Fsp3) is 0.533. The van der Waals surface area contributed by atoms with Crippen LogP contribution >= 0.6 is 35.0 Å². The van der Waals surface area contributed by atoms with Crippen LogP contribution in [-0.2, 0) is 0 Å². The third kappa shape index (κ3) is 3.28. The Labute approximate surface area is 140 Å². The molecule has 2 heterocycles. The molecule has 0 radical (unpaired) electrons. The molecule has 1 aromatic carbocycles. The number of hydrogen-bond donors (Lipinski definition) is 1. The maximum Gasteiger partial charge on any atom is 0.253 e. The molecule has 0 saturated carbocycles. The van der Waals surface area contributed by atoms with Gasteiger partial charge in [-0.05, 0) is 84.6 Å². The molecule has 0 unspecified atom stereocenters. The van der Waals surface area contributed by atoms with Gasteiger partial charge >= 0.3 is 0 Å². The molecule has 1 amide bonds. The summed E-state index contributed by atoms with van der Waals surface area (Å²) in [6.45, 7) is 4.07. The predicted octanol–water partition coefficient (Wildman–Crippen LogP) is 2.93. The molecule has 0 aliphatic carbocycles.